The van der Waals surface area contributed by atoms with Crippen LogP contribution in [0.25, 0.3) is 0 Å². The van der Waals surface area contributed by atoms with Crippen LogP contribution in [0.2, 0.25) is 0 Å². The van der Waals surface area contributed by atoms with Gasteiger partial charge in [0.1, 0.15) is 0 Å². The number of aliphatic carboxylic acids is 1. The zero-order valence-electron chi connectivity index (χ0n) is 12.2. The fourth-order valence-electron chi connectivity index (χ4n) is 2.21. The van der Waals surface area contributed by atoms with Gasteiger partial charge in [0.2, 0.25) is 0 Å². The summed E-state index contributed by atoms with van der Waals surface area (Å²) in [5, 5.41) is 8.94. The summed E-state index contributed by atoms with van der Waals surface area (Å²) in [6.45, 7) is 5.22. The van der Waals surface area contributed by atoms with Crippen LogP contribution in [-0.2, 0) is 22.0 Å². The fourth-order valence-corrected chi connectivity index (χ4v) is 2.88. The number of rotatable bonds is 6. The van der Waals surface area contributed by atoms with Gasteiger partial charge in [0.15, 0.2) is 0 Å². The summed E-state index contributed by atoms with van der Waals surface area (Å²) in [4.78, 5) is 26.8. The van der Waals surface area contributed by atoms with E-state index in [1.54, 1.807) is 20.1 Å². The minimum atomic E-state index is -0.953. The van der Waals surface area contributed by atoms with E-state index in [4.69, 9.17) is 5.11 Å². The van der Waals surface area contributed by atoms with Crippen LogP contribution < -0.4 is 5.69 Å². The number of aromatic nitrogens is 2. The second kappa shape index (κ2) is 6.78. The topological polar surface area (TPSA) is 89.3 Å². The molecule has 2 atom stereocenters. The van der Waals surface area contributed by atoms with E-state index in [1.165, 1.54) is 4.57 Å². The molecule has 1 heterocycles. The van der Waals surface area contributed by atoms with Crippen LogP contribution >= 0.6 is 0 Å². The molecule has 7 heteroatoms. The SMILES string of the molecule is Cc1nc(=O)n(C(C)CCS(C)=O)c(C)c1CC(=O)O. The van der Waals surface area contributed by atoms with Gasteiger partial charge in [0.05, 0.1) is 6.42 Å². The number of nitrogens with zero attached hydrogens (tertiary/aromatic N) is 2. The molecule has 1 N–H and O–H groups in total. The molecule has 1 aromatic rings. The van der Waals surface area contributed by atoms with Gasteiger partial charge in [-0.3, -0.25) is 13.6 Å². The van der Waals surface area contributed by atoms with E-state index < -0.39 is 16.8 Å². The minimum Gasteiger partial charge on any atom is -0.481 e. The van der Waals surface area contributed by atoms with Crippen molar-refractivity contribution in [1.29, 1.82) is 0 Å². The molecule has 0 aliphatic rings. The Hall–Kier alpha value is -1.50. The van der Waals surface area contributed by atoms with Crippen LogP contribution in [0, 0.1) is 13.8 Å². The Kier molecular flexibility index (Phi) is 5.62. The molecule has 0 aliphatic carbocycles. The summed E-state index contributed by atoms with van der Waals surface area (Å²) in [7, 11) is -0.922. The summed E-state index contributed by atoms with van der Waals surface area (Å²) >= 11 is 0. The number of carbonyl (C=O) groups is 1. The van der Waals surface area contributed by atoms with Gasteiger partial charge >= 0.3 is 11.7 Å². The number of hydrogen-bond donors (Lipinski definition) is 1. The van der Waals surface area contributed by atoms with Crippen molar-refractivity contribution in [2.45, 2.75) is 39.7 Å². The largest absolute Gasteiger partial charge is 0.481 e. The Labute approximate surface area is 120 Å². The first-order valence-electron chi connectivity index (χ1n) is 6.34. The molecule has 0 spiro atoms. The monoisotopic (exact) mass is 300 g/mol. The molecule has 1 aromatic heterocycles. The number of aryl methyl sites for hydroxylation is 1. The van der Waals surface area contributed by atoms with Crippen molar-refractivity contribution >= 4 is 16.8 Å². The minimum absolute atomic E-state index is 0.155. The highest BCUT2D eigenvalue weighted by Crippen LogP contribution is 2.16. The third-order valence-electron chi connectivity index (χ3n) is 3.30. The molecule has 0 aliphatic heterocycles. The summed E-state index contributed by atoms with van der Waals surface area (Å²) in [6, 6.07) is -0.160. The molecule has 0 aromatic carbocycles. The van der Waals surface area contributed by atoms with E-state index in [-0.39, 0.29) is 18.2 Å². The normalized spacial score (nSPS) is 14.0. The average molecular weight is 300 g/mol. The van der Waals surface area contributed by atoms with Crippen LogP contribution in [0.1, 0.15) is 36.3 Å². The van der Waals surface area contributed by atoms with Crippen LogP contribution in [0.3, 0.4) is 0 Å². The smallest absolute Gasteiger partial charge is 0.348 e. The predicted molar refractivity (Wildman–Crippen MR) is 77.6 cm³/mol. The van der Waals surface area contributed by atoms with Crippen molar-refractivity contribution in [2.24, 2.45) is 0 Å². The molecule has 0 amide bonds. The Morgan fingerprint density at radius 3 is 2.55 bits per heavy atom. The van der Waals surface area contributed by atoms with Gasteiger partial charge in [-0.1, -0.05) is 0 Å². The fraction of sp³-hybridized carbons (Fsp3) is 0.615. The van der Waals surface area contributed by atoms with E-state index in [1.807, 2.05) is 6.92 Å². The first-order valence-corrected chi connectivity index (χ1v) is 8.07. The number of carboxylic acids is 1. The van der Waals surface area contributed by atoms with Gasteiger partial charge in [-0.2, -0.15) is 4.98 Å². The van der Waals surface area contributed by atoms with Crippen LogP contribution in [0.4, 0.5) is 0 Å². The molecule has 2 unspecified atom stereocenters. The van der Waals surface area contributed by atoms with Gasteiger partial charge < -0.3 is 5.11 Å². The lowest BCUT2D eigenvalue weighted by Gasteiger charge is -2.20. The molecule has 0 fully saturated rings. The zero-order valence-corrected chi connectivity index (χ0v) is 13.0. The van der Waals surface area contributed by atoms with E-state index in [2.05, 4.69) is 4.98 Å². The first kappa shape index (κ1) is 16.6. The Balaban J connectivity index is 3.22. The highest BCUT2D eigenvalue weighted by molar-refractivity contribution is 7.84. The van der Waals surface area contributed by atoms with Gasteiger partial charge in [0.25, 0.3) is 0 Å². The Morgan fingerprint density at radius 2 is 2.05 bits per heavy atom. The highest BCUT2D eigenvalue weighted by Gasteiger charge is 2.17. The molecule has 112 valence electrons. The van der Waals surface area contributed by atoms with Crippen molar-refractivity contribution in [1.82, 2.24) is 9.55 Å². The molecule has 0 saturated heterocycles. The Bertz CT molecular complexity index is 595. The maximum absolute atomic E-state index is 12.0. The molecule has 20 heavy (non-hydrogen) atoms. The van der Waals surface area contributed by atoms with Crippen molar-refractivity contribution in [2.75, 3.05) is 12.0 Å². The molecule has 0 bridgehead atoms. The molecular weight excluding hydrogens is 280 g/mol. The van der Waals surface area contributed by atoms with Gasteiger partial charge in [-0.15, -0.1) is 0 Å². The van der Waals surface area contributed by atoms with Crippen molar-refractivity contribution < 1.29 is 14.1 Å². The molecule has 0 saturated carbocycles. The Morgan fingerprint density at radius 1 is 1.45 bits per heavy atom. The van der Waals surface area contributed by atoms with E-state index >= 15 is 0 Å². The molecular formula is C13H20N2O4S. The van der Waals surface area contributed by atoms with Crippen molar-refractivity contribution in [3.8, 4) is 0 Å². The quantitative estimate of drug-likeness (QED) is 0.840. The van der Waals surface area contributed by atoms with Crippen LogP contribution in [-0.4, -0.2) is 36.8 Å². The van der Waals surface area contributed by atoms with Gasteiger partial charge in [-0.05, 0) is 27.2 Å². The summed E-state index contributed by atoms with van der Waals surface area (Å²) < 4.78 is 12.6. The second-order valence-electron chi connectivity index (χ2n) is 4.90. The molecule has 0 radical (unpaired) electrons. The predicted octanol–water partition coefficient (Wildman–Crippen LogP) is 0.817. The zero-order chi connectivity index (χ0) is 15.4. The van der Waals surface area contributed by atoms with E-state index in [9.17, 15) is 13.8 Å². The third kappa shape index (κ3) is 4.00. The third-order valence-corrected chi connectivity index (χ3v) is 4.11. The van der Waals surface area contributed by atoms with E-state index in [0.29, 0.717) is 29.1 Å². The second-order valence-corrected chi connectivity index (χ2v) is 6.45. The lowest BCUT2D eigenvalue weighted by molar-refractivity contribution is -0.136. The molecule has 6 nitrogen and oxygen atoms in total. The highest BCUT2D eigenvalue weighted by atomic mass is 32.2. The maximum atomic E-state index is 12.0. The number of hydrogen-bond acceptors (Lipinski definition) is 4. The maximum Gasteiger partial charge on any atom is 0.348 e. The lowest BCUT2D eigenvalue weighted by atomic mass is 10.1. The van der Waals surface area contributed by atoms with Gasteiger partial charge in [0, 0.05) is 45.8 Å². The van der Waals surface area contributed by atoms with Crippen molar-refractivity contribution in [3.05, 3.63) is 27.4 Å². The number of carboxylic acid groups (broad SMARTS) is 1. The van der Waals surface area contributed by atoms with Gasteiger partial charge in [-0.25, -0.2) is 4.79 Å². The molecule has 1 rings (SSSR count). The first-order chi connectivity index (χ1) is 9.23. The average Bonchev–Trinajstić information content (AvgIpc) is 2.31. The summed E-state index contributed by atoms with van der Waals surface area (Å²) in [5.74, 6) is -0.458. The standard InChI is InChI=1S/C13H20N2O4S/c1-8(5-6-20(4)19)15-10(3)11(7-12(16)17)9(2)14-13(15)18/h8H,5-7H2,1-4H3,(H,16,17). The summed E-state index contributed by atoms with van der Waals surface area (Å²) in [5.41, 5.74) is 1.27. The van der Waals surface area contributed by atoms with E-state index in [0.717, 1.165) is 0 Å². The van der Waals surface area contributed by atoms with Crippen LogP contribution in [0.15, 0.2) is 4.79 Å². The van der Waals surface area contributed by atoms with Crippen LogP contribution in [0.5, 0.6) is 0 Å². The lowest BCUT2D eigenvalue weighted by Crippen LogP contribution is -2.31. The van der Waals surface area contributed by atoms with Crippen molar-refractivity contribution in [3.63, 3.8) is 0 Å². The summed E-state index contributed by atoms with van der Waals surface area (Å²) in [6.07, 6.45) is 2.05.